The fourth-order valence-corrected chi connectivity index (χ4v) is 3.34. The summed E-state index contributed by atoms with van der Waals surface area (Å²) in [5, 5.41) is 7.50. The van der Waals surface area contributed by atoms with E-state index in [1.165, 1.54) is 12.1 Å². The molecule has 0 saturated carbocycles. The Hall–Kier alpha value is -3.64. The van der Waals surface area contributed by atoms with Crippen LogP contribution in [0.25, 0.3) is 11.3 Å². The van der Waals surface area contributed by atoms with Gasteiger partial charge < -0.3 is 10.1 Å². The normalized spacial score (nSPS) is 10.7. The molecule has 0 fully saturated rings. The van der Waals surface area contributed by atoms with E-state index in [0.717, 1.165) is 17.2 Å². The van der Waals surface area contributed by atoms with Gasteiger partial charge in [0.05, 0.1) is 24.9 Å². The molecule has 1 N–H and O–H groups in total. The fraction of sp³-hybridized carbons (Fsp3) is 0.0833. The van der Waals surface area contributed by atoms with Crippen molar-refractivity contribution in [2.24, 2.45) is 0 Å². The highest BCUT2D eigenvalue weighted by Gasteiger charge is 2.19. The first-order valence-corrected chi connectivity index (χ1v) is 9.93. The third kappa shape index (κ3) is 4.75. The van der Waals surface area contributed by atoms with Crippen molar-refractivity contribution in [3.05, 3.63) is 101 Å². The Morgan fingerprint density at radius 1 is 1.10 bits per heavy atom. The maximum atomic E-state index is 14.2. The molecule has 0 aliphatic rings. The zero-order valence-corrected chi connectivity index (χ0v) is 17.4. The van der Waals surface area contributed by atoms with Crippen LogP contribution in [0.5, 0.6) is 5.75 Å². The molecular formula is C24H19ClFN3O2. The van der Waals surface area contributed by atoms with Crippen molar-refractivity contribution in [1.29, 1.82) is 0 Å². The molecule has 5 nitrogen and oxygen atoms in total. The molecule has 0 aliphatic carbocycles. The van der Waals surface area contributed by atoms with E-state index in [4.69, 9.17) is 16.3 Å². The highest BCUT2D eigenvalue weighted by Crippen LogP contribution is 2.27. The zero-order valence-electron chi connectivity index (χ0n) is 16.7. The third-order valence-corrected chi connectivity index (χ3v) is 4.97. The molecule has 0 saturated heterocycles. The molecule has 0 radical (unpaired) electrons. The van der Waals surface area contributed by atoms with Crippen LogP contribution in [0.4, 0.5) is 10.1 Å². The molecule has 4 aromatic rings. The highest BCUT2D eigenvalue weighted by atomic mass is 35.5. The number of methoxy groups -OCH3 is 1. The first-order valence-electron chi connectivity index (χ1n) is 9.55. The number of hydrogen-bond donors (Lipinski definition) is 1. The molecule has 156 valence electrons. The van der Waals surface area contributed by atoms with E-state index in [1.807, 2.05) is 42.5 Å². The van der Waals surface area contributed by atoms with Crippen LogP contribution in [0.3, 0.4) is 0 Å². The molecule has 0 unspecified atom stereocenters. The summed E-state index contributed by atoms with van der Waals surface area (Å²) >= 11 is 5.80. The van der Waals surface area contributed by atoms with E-state index >= 15 is 0 Å². The number of nitrogens with one attached hydrogen (secondary N) is 1. The number of hydrogen-bond acceptors (Lipinski definition) is 3. The van der Waals surface area contributed by atoms with Gasteiger partial charge in [-0.1, -0.05) is 41.9 Å². The Morgan fingerprint density at radius 2 is 1.84 bits per heavy atom. The van der Waals surface area contributed by atoms with Crippen molar-refractivity contribution in [2.75, 3.05) is 12.4 Å². The molecular weight excluding hydrogens is 417 g/mol. The lowest BCUT2D eigenvalue weighted by molar-refractivity contribution is 0.102. The van der Waals surface area contributed by atoms with E-state index in [1.54, 1.807) is 30.1 Å². The fourth-order valence-electron chi connectivity index (χ4n) is 3.18. The van der Waals surface area contributed by atoms with Gasteiger partial charge in [-0.05, 0) is 48.0 Å². The minimum absolute atomic E-state index is 0.0471. The number of ether oxygens (including phenoxy) is 1. The smallest absolute Gasteiger partial charge is 0.259 e. The Balaban J connectivity index is 1.70. The van der Waals surface area contributed by atoms with Crippen LogP contribution in [0.2, 0.25) is 5.02 Å². The van der Waals surface area contributed by atoms with Gasteiger partial charge in [-0.2, -0.15) is 5.10 Å². The summed E-state index contributed by atoms with van der Waals surface area (Å²) in [4.78, 5) is 13.0. The van der Waals surface area contributed by atoms with Gasteiger partial charge in [-0.15, -0.1) is 0 Å². The average molecular weight is 436 g/mol. The Bertz CT molecular complexity index is 1210. The van der Waals surface area contributed by atoms with Crippen molar-refractivity contribution >= 4 is 23.2 Å². The van der Waals surface area contributed by atoms with Crippen LogP contribution in [0.15, 0.2) is 79.0 Å². The number of rotatable bonds is 6. The number of benzene rings is 3. The van der Waals surface area contributed by atoms with Crippen LogP contribution >= 0.6 is 11.6 Å². The molecule has 1 heterocycles. The van der Waals surface area contributed by atoms with Gasteiger partial charge in [0.15, 0.2) is 0 Å². The molecule has 4 rings (SSSR count). The zero-order chi connectivity index (χ0) is 21.8. The minimum Gasteiger partial charge on any atom is -0.497 e. The summed E-state index contributed by atoms with van der Waals surface area (Å²) in [5.41, 5.74) is 2.66. The summed E-state index contributed by atoms with van der Waals surface area (Å²) in [7, 11) is 1.59. The molecule has 3 aromatic carbocycles. The maximum absolute atomic E-state index is 14.2. The molecule has 0 aliphatic heterocycles. The van der Waals surface area contributed by atoms with E-state index < -0.39 is 11.7 Å². The average Bonchev–Trinajstić information content (AvgIpc) is 3.20. The molecule has 0 spiro atoms. The van der Waals surface area contributed by atoms with Gasteiger partial charge in [0, 0.05) is 16.8 Å². The Morgan fingerprint density at radius 3 is 2.52 bits per heavy atom. The maximum Gasteiger partial charge on any atom is 0.259 e. The van der Waals surface area contributed by atoms with E-state index in [0.29, 0.717) is 23.6 Å². The van der Waals surface area contributed by atoms with Crippen LogP contribution in [0.1, 0.15) is 15.9 Å². The third-order valence-electron chi connectivity index (χ3n) is 4.74. The SMILES string of the molecule is COc1ccc(-c2nn(Cc3ccccc3)cc2C(=O)Nc2ccc(Cl)cc2F)cc1. The van der Waals surface area contributed by atoms with Crippen molar-refractivity contribution in [1.82, 2.24) is 9.78 Å². The van der Waals surface area contributed by atoms with Crippen molar-refractivity contribution < 1.29 is 13.9 Å². The first-order chi connectivity index (χ1) is 15.0. The number of aromatic nitrogens is 2. The number of carbonyl (C=O) groups excluding carboxylic acids is 1. The van der Waals surface area contributed by atoms with E-state index in [-0.39, 0.29) is 10.7 Å². The Kier molecular flexibility index (Phi) is 6.00. The number of nitrogens with zero attached hydrogens (tertiary/aromatic N) is 2. The molecule has 0 atom stereocenters. The number of halogens is 2. The van der Waals surface area contributed by atoms with Crippen LogP contribution in [-0.4, -0.2) is 22.8 Å². The predicted molar refractivity (Wildman–Crippen MR) is 119 cm³/mol. The summed E-state index contributed by atoms with van der Waals surface area (Å²) in [6, 6.07) is 21.1. The quantitative estimate of drug-likeness (QED) is 0.425. The van der Waals surface area contributed by atoms with Crippen molar-refractivity contribution in [3.63, 3.8) is 0 Å². The second-order valence-electron chi connectivity index (χ2n) is 6.88. The van der Waals surface area contributed by atoms with Gasteiger partial charge in [0.1, 0.15) is 17.3 Å². The predicted octanol–water partition coefficient (Wildman–Crippen LogP) is 5.65. The lowest BCUT2D eigenvalue weighted by Gasteiger charge is -2.07. The van der Waals surface area contributed by atoms with Gasteiger partial charge >= 0.3 is 0 Å². The summed E-state index contributed by atoms with van der Waals surface area (Å²) < 4.78 is 21.1. The Labute approximate surface area is 184 Å². The van der Waals surface area contributed by atoms with Crippen LogP contribution < -0.4 is 10.1 Å². The minimum atomic E-state index is -0.608. The number of amides is 1. The second-order valence-corrected chi connectivity index (χ2v) is 7.32. The largest absolute Gasteiger partial charge is 0.497 e. The lowest BCUT2D eigenvalue weighted by Crippen LogP contribution is -2.13. The summed E-state index contributed by atoms with van der Waals surface area (Å²) in [6.07, 6.45) is 1.66. The highest BCUT2D eigenvalue weighted by molar-refractivity contribution is 6.30. The van der Waals surface area contributed by atoms with E-state index in [2.05, 4.69) is 10.4 Å². The monoisotopic (exact) mass is 435 g/mol. The summed E-state index contributed by atoms with van der Waals surface area (Å²) in [6.45, 7) is 0.493. The van der Waals surface area contributed by atoms with Gasteiger partial charge in [-0.3, -0.25) is 9.48 Å². The topological polar surface area (TPSA) is 56.2 Å². The van der Waals surface area contributed by atoms with Gasteiger partial charge in [0.25, 0.3) is 5.91 Å². The van der Waals surface area contributed by atoms with Crippen LogP contribution in [-0.2, 0) is 6.54 Å². The van der Waals surface area contributed by atoms with Crippen molar-refractivity contribution in [2.45, 2.75) is 6.54 Å². The van der Waals surface area contributed by atoms with Gasteiger partial charge in [0.2, 0.25) is 0 Å². The van der Waals surface area contributed by atoms with Crippen molar-refractivity contribution in [3.8, 4) is 17.0 Å². The molecule has 7 heteroatoms. The second kappa shape index (κ2) is 9.02. The lowest BCUT2D eigenvalue weighted by atomic mass is 10.1. The molecule has 1 amide bonds. The van der Waals surface area contributed by atoms with E-state index in [9.17, 15) is 9.18 Å². The standard InChI is InChI=1S/C24H19ClFN3O2/c1-31-19-10-7-17(8-11-19)23-20(15-29(28-23)14-16-5-3-2-4-6-16)24(30)27-22-12-9-18(25)13-21(22)26/h2-13,15H,14H2,1H3,(H,27,30). The molecule has 31 heavy (non-hydrogen) atoms. The molecule has 1 aromatic heterocycles. The summed E-state index contributed by atoms with van der Waals surface area (Å²) in [5.74, 6) is -0.378. The number of anilines is 1. The number of carbonyl (C=O) groups is 1. The molecule has 0 bridgehead atoms. The first kappa shape index (κ1) is 20.6. The van der Waals surface area contributed by atoms with Gasteiger partial charge in [-0.25, -0.2) is 4.39 Å². The van der Waals surface area contributed by atoms with Crippen LogP contribution in [0, 0.1) is 5.82 Å².